The zero-order valence-corrected chi connectivity index (χ0v) is 12.9. The van der Waals surface area contributed by atoms with E-state index in [1.165, 1.54) is 11.3 Å². The van der Waals surface area contributed by atoms with Crippen molar-refractivity contribution in [1.29, 1.82) is 0 Å². The van der Waals surface area contributed by atoms with Crippen molar-refractivity contribution >= 4 is 28.4 Å². The normalized spacial score (nSPS) is 14.2. The fourth-order valence-electron chi connectivity index (χ4n) is 2.50. The van der Waals surface area contributed by atoms with E-state index in [9.17, 15) is 4.79 Å². The molecule has 0 atom stereocenters. The maximum absolute atomic E-state index is 11.2. The summed E-state index contributed by atoms with van der Waals surface area (Å²) in [5.74, 6) is 0.884. The first-order chi connectivity index (χ1) is 10.3. The van der Waals surface area contributed by atoms with Crippen LogP contribution in [0.1, 0.15) is 35.1 Å². The second-order valence-corrected chi connectivity index (χ2v) is 6.01. The van der Waals surface area contributed by atoms with Gasteiger partial charge in [-0.25, -0.2) is 4.98 Å². The molecule has 1 aromatic carbocycles. The van der Waals surface area contributed by atoms with E-state index in [4.69, 9.17) is 9.72 Å². The number of thiazole rings is 1. The van der Waals surface area contributed by atoms with Gasteiger partial charge in [0.25, 0.3) is 0 Å². The molecule has 0 amide bonds. The van der Waals surface area contributed by atoms with Gasteiger partial charge in [-0.2, -0.15) is 0 Å². The van der Waals surface area contributed by atoms with Crippen molar-refractivity contribution < 1.29 is 9.53 Å². The average Bonchev–Trinajstić information content (AvgIpc) is 2.78. The highest BCUT2D eigenvalue weighted by molar-refractivity contribution is 7.17. The van der Waals surface area contributed by atoms with Crippen LogP contribution in [-0.2, 0) is 6.42 Å². The molecule has 0 unspecified atom stereocenters. The van der Waals surface area contributed by atoms with E-state index in [1.807, 2.05) is 24.3 Å². The third-order valence-corrected chi connectivity index (χ3v) is 4.53. The molecule has 5 heteroatoms. The van der Waals surface area contributed by atoms with Crippen LogP contribution in [0.4, 0.5) is 10.8 Å². The van der Waals surface area contributed by atoms with Crippen LogP contribution in [0.3, 0.4) is 0 Å². The third-order valence-electron chi connectivity index (χ3n) is 3.48. The standard InChI is InChI=1S/C16H18N2O2S/c1-2-6-12-15(11-19)21-16(17-12)18-9-5-10-20-14-8-4-3-7-13(14)18/h3-4,7-8,11H,2,5-6,9-10H2,1H3. The largest absolute Gasteiger partial charge is 0.491 e. The van der Waals surface area contributed by atoms with Crippen molar-refractivity contribution in [2.45, 2.75) is 26.2 Å². The number of hydrogen-bond donors (Lipinski definition) is 0. The minimum Gasteiger partial charge on any atom is -0.491 e. The number of aromatic nitrogens is 1. The molecule has 1 aliphatic rings. The first kappa shape index (κ1) is 14.1. The number of para-hydroxylation sites is 2. The zero-order chi connectivity index (χ0) is 14.7. The monoisotopic (exact) mass is 302 g/mol. The number of aryl methyl sites for hydroxylation is 1. The Bertz CT molecular complexity index is 639. The summed E-state index contributed by atoms with van der Waals surface area (Å²) in [5, 5.41) is 0.888. The van der Waals surface area contributed by atoms with Crippen molar-refractivity contribution in [3.63, 3.8) is 0 Å². The van der Waals surface area contributed by atoms with E-state index >= 15 is 0 Å². The third kappa shape index (κ3) is 2.78. The Labute approximate surface area is 128 Å². The van der Waals surface area contributed by atoms with E-state index in [0.29, 0.717) is 6.61 Å². The van der Waals surface area contributed by atoms with Crippen LogP contribution in [0.25, 0.3) is 0 Å². The molecule has 3 rings (SSSR count). The molecule has 0 saturated carbocycles. The number of nitrogens with zero attached hydrogens (tertiary/aromatic N) is 2. The number of anilines is 2. The van der Waals surface area contributed by atoms with Gasteiger partial charge in [-0.05, 0) is 25.0 Å². The Morgan fingerprint density at radius 3 is 3.10 bits per heavy atom. The number of rotatable bonds is 4. The Hall–Kier alpha value is -1.88. The van der Waals surface area contributed by atoms with Crippen molar-refractivity contribution in [1.82, 2.24) is 4.98 Å². The highest BCUT2D eigenvalue weighted by Crippen LogP contribution is 2.38. The summed E-state index contributed by atoms with van der Waals surface area (Å²) in [6.07, 6.45) is 3.69. The van der Waals surface area contributed by atoms with Crippen LogP contribution in [0.2, 0.25) is 0 Å². The zero-order valence-electron chi connectivity index (χ0n) is 12.0. The van der Waals surface area contributed by atoms with Gasteiger partial charge in [-0.1, -0.05) is 36.8 Å². The molecule has 0 fully saturated rings. The number of benzene rings is 1. The molecule has 110 valence electrons. The van der Waals surface area contributed by atoms with Gasteiger partial charge in [0.05, 0.1) is 22.9 Å². The van der Waals surface area contributed by atoms with E-state index in [0.717, 1.165) is 59.2 Å². The predicted octanol–water partition coefficient (Wildman–Crippen LogP) is 3.83. The molecule has 0 aliphatic carbocycles. The van der Waals surface area contributed by atoms with Crippen molar-refractivity contribution in [3.05, 3.63) is 34.8 Å². The quantitative estimate of drug-likeness (QED) is 0.805. The lowest BCUT2D eigenvalue weighted by atomic mass is 10.2. The van der Waals surface area contributed by atoms with Crippen LogP contribution in [0.15, 0.2) is 24.3 Å². The van der Waals surface area contributed by atoms with Crippen LogP contribution in [0.5, 0.6) is 5.75 Å². The highest BCUT2D eigenvalue weighted by atomic mass is 32.1. The van der Waals surface area contributed by atoms with E-state index in [-0.39, 0.29) is 0 Å². The first-order valence-corrected chi connectivity index (χ1v) is 8.09. The molecule has 0 bridgehead atoms. The first-order valence-electron chi connectivity index (χ1n) is 7.27. The van der Waals surface area contributed by atoms with E-state index in [2.05, 4.69) is 11.8 Å². The molecular weight excluding hydrogens is 284 g/mol. The Kier molecular flexibility index (Phi) is 4.20. The Morgan fingerprint density at radius 2 is 2.29 bits per heavy atom. The molecule has 0 saturated heterocycles. The van der Waals surface area contributed by atoms with E-state index in [1.54, 1.807) is 0 Å². The molecular formula is C16H18N2O2S. The second kappa shape index (κ2) is 6.26. The summed E-state index contributed by atoms with van der Waals surface area (Å²) in [4.78, 5) is 18.8. The fraction of sp³-hybridized carbons (Fsp3) is 0.375. The summed E-state index contributed by atoms with van der Waals surface area (Å²) in [7, 11) is 0. The summed E-state index contributed by atoms with van der Waals surface area (Å²) in [5.41, 5.74) is 1.94. The second-order valence-electron chi connectivity index (χ2n) is 5.00. The molecule has 2 heterocycles. The molecule has 1 aromatic heterocycles. The minimum absolute atomic E-state index is 0.710. The summed E-state index contributed by atoms with van der Waals surface area (Å²) in [6, 6.07) is 8.00. The Balaban J connectivity index is 2.01. The lowest BCUT2D eigenvalue weighted by Gasteiger charge is -2.20. The average molecular weight is 302 g/mol. The van der Waals surface area contributed by atoms with Crippen LogP contribution in [0, 0.1) is 0 Å². The summed E-state index contributed by atoms with van der Waals surface area (Å²) >= 11 is 1.47. The van der Waals surface area contributed by atoms with Crippen LogP contribution in [-0.4, -0.2) is 24.4 Å². The van der Waals surface area contributed by atoms with Crippen LogP contribution < -0.4 is 9.64 Å². The maximum atomic E-state index is 11.2. The van der Waals surface area contributed by atoms with Gasteiger partial charge in [-0.3, -0.25) is 4.79 Å². The van der Waals surface area contributed by atoms with Crippen molar-refractivity contribution in [2.75, 3.05) is 18.1 Å². The summed E-state index contributed by atoms with van der Waals surface area (Å²) < 4.78 is 5.78. The fourth-order valence-corrected chi connectivity index (χ4v) is 3.47. The summed E-state index contributed by atoms with van der Waals surface area (Å²) in [6.45, 7) is 3.66. The predicted molar refractivity (Wildman–Crippen MR) is 85.1 cm³/mol. The molecule has 2 aromatic rings. The number of carbonyl (C=O) groups excluding carboxylic acids is 1. The number of hydrogen-bond acceptors (Lipinski definition) is 5. The lowest BCUT2D eigenvalue weighted by Crippen LogP contribution is -2.17. The highest BCUT2D eigenvalue weighted by Gasteiger charge is 2.21. The smallest absolute Gasteiger partial charge is 0.190 e. The number of aldehydes is 1. The topological polar surface area (TPSA) is 42.4 Å². The number of carbonyl (C=O) groups is 1. The van der Waals surface area contributed by atoms with Gasteiger partial charge in [0.2, 0.25) is 0 Å². The van der Waals surface area contributed by atoms with Gasteiger partial charge >= 0.3 is 0 Å². The van der Waals surface area contributed by atoms with Crippen LogP contribution >= 0.6 is 11.3 Å². The number of fused-ring (bicyclic) bond motifs is 1. The lowest BCUT2D eigenvalue weighted by molar-refractivity contribution is 0.112. The Morgan fingerprint density at radius 1 is 1.43 bits per heavy atom. The SMILES string of the molecule is CCCc1nc(N2CCCOc3ccccc32)sc1C=O. The molecule has 4 nitrogen and oxygen atoms in total. The van der Waals surface area contributed by atoms with Crippen molar-refractivity contribution in [2.24, 2.45) is 0 Å². The van der Waals surface area contributed by atoms with Gasteiger partial charge in [0, 0.05) is 6.54 Å². The van der Waals surface area contributed by atoms with Gasteiger partial charge in [0.1, 0.15) is 5.75 Å². The van der Waals surface area contributed by atoms with Gasteiger partial charge in [-0.15, -0.1) is 0 Å². The minimum atomic E-state index is 0.710. The van der Waals surface area contributed by atoms with Crippen molar-refractivity contribution in [3.8, 4) is 5.75 Å². The maximum Gasteiger partial charge on any atom is 0.190 e. The molecule has 1 aliphatic heterocycles. The van der Waals surface area contributed by atoms with Gasteiger partial charge < -0.3 is 9.64 Å². The molecule has 0 spiro atoms. The molecule has 21 heavy (non-hydrogen) atoms. The number of ether oxygens (including phenoxy) is 1. The molecule has 0 radical (unpaired) electrons. The van der Waals surface area contributed by atoms with E-state index < -0.39 is 0 Å². The molecule has 0 N–H and O–H groups in total. The van der Waals surface area contributed by atoms with Gasteiger partial charge in [0.15, 0.2) is 11.4 Å².